The number of aryl methyl sites for hydroxylation is 2. The minimum Gasteiger partial charge on any atom is -0.444 e. The van der Waals surface area contributed by atoms with Crippen LogP contribution in [0.5, 0.6) is 0 Å². The zero-order valence-corrected chi connectivity index (χ0v) is 11.3. The third kappa shape index (κ3) is 2.18. The molecule has 3 heterocycles. The summed E-state index contributed by atoms with van der Waals surface area (Å²) < 4.78 is 11.5. The van der Waals surface area contributed by atoms with Crippen LogP contribution in [-0.4, -0.2) is 60.2 Å². The lowest BCUT2D eigenvalue weighted by molar-refractivity contribution is -0.0370. The Kier molecular flexibility index (Phi) is 3.13. The molecule has 0 bridgehead atoms. The number of morpholine rings is 1. The molecule has 5 heteroatoms. The molecule has 18 heavy (non-hydrogen) atoms. The quantitative estimate of drug-likeness (QED) is 0.778. The minimum absolute atomic E-state index is 0.348. The lowest BCUT2D eigenvalue weighted by atomic mass is 10.1. The number of hydrogen-bond acceptors (Lipinski definition) is 5. The molecular weight excluding hydrogens is 230 g/mol. The molecule has 1 aromatic heterocycles. The van der Waals surface area contributed by atoms with Crippen molar-refractivity contribution in [2.24, 2.45) is 0 Å². The molecule has 0 saturated carbocycles. The van der Waals surface area contributed by atoms with Gasteiger partial charge in [0, 0.05) is 25.7 Å². The van der Waals surface area contributed by atoms with Crippen molar-refractivity contribution in [3.8, 4) is 0 Å². The number of likely N-dealkylation sites (tertiary alicyclic amines) is 1. The largest absolute Gasteiger partial charge is 0.444 e. The highest BCUT2D eigenvalue weighted by Crippen LogP contribution is 2.23. The Bertz CT molecular complexity index is 412. The lowest BCUT2D eigenvalue weighted by Crippen LogP contribution is -2.48. The van der Waals surface area contributed by atoms with Gasteiger partial charge in [0.25, 0.3) is 0 Å². The maximum atomic E-state index is 5.83. The molecule has 0 aromatic carbocycles. The van der Waals surface area contributed by atoms with Gasteiger partial charge in [-0.3, -0.25) is 9.80 Å². The molecule has 0 radical (unpaired) electrons. The standard InChI is InChI=1S/C13H21N3O2/c1-9-10(2)18-13(14-9)8-16-6-11-12(7-16)17-5-4-15(11)3/h11-12H,4-8H2,1-3H3/t11-,12+/m0/s1. The molecule has 3 rings (SSSR count). The van der Waals surface area contributed by atoms with Gasteiger partial charge in [-0.1, -0.05) is 0 Å². The average Bonchev–Trinajstić information content (AvgIpc) is 2.85. The van der Waals surface area contributed by atoms with E-state index < -0.39 is 0 Å². The molecule has 5 nitrogen and oxygen atoms in total. The Morgan fingerprint density at radius 1 is 1.33 bits per heavy atom. The van der Waals surface area contributed by atoms with Crippen molar-refractivity contribution in [3.63, 3.8) is 0 Å². The van der Waals surface area contributed by atoms with Gasteiger partial charge in [-0.2, -0.15) is 0 Å². The van der Waals surface area contributed by atoms with Crippen LogP contribution in [0.1, 0.15) is 17.3 Å². The zero-order chi connectivity index (χ0) is 12.7. The highest BCUT2D eigenvalue weighted by molar-refractivity contribution is 5.06. The molecular formula is C13H21N3O2. The van der Waals surface area contributed by atoms with Gasteiger partial charge in [-0.15, -0.1) is 0 Å². The fourth-order valence-electron chi connectivity index (χ4n) is 2.86. The molecule has 0 amide bonds. The summed E-state index contributed by atoms with van der Waals surface area (Å²) in [4.78, 5) is 9.23. The van der Waals surface area contributed by atoms with Crippen molar-refractivity contribution in [1.82, 2.24) is 14.8 Å². The first kappa shape index (κ1) is 12.1. The van der Waals surface area contributed by atoms with Crippen LogP contribution in [-0.2, 0) is 11.3 Å². The number of fused-ring (bicyclic) bond motifs is 1. The Balaban J connectivity index is 1.65. The molecule has 2 saturated heterocycles. The monoisotopic (exact) mass is 251 g/mol. The number of likely N-dealkylation sites (N-methyl/N-ethyl adjacent to an activating group) is 1. The average molecular weight is 251 g/mol. The zero-order valence-electron chi connectivity index (χ0n) is 11.3. The molecule has 0 spiro atoms. The van der Waals surface area contributed by atoms with Crippen molar-refractivity contribution in [2.75, 3.05) is 33.3 Å². The van der Waals surface area contributed by atoms with Crippen LogP contribution in [0.4, 0.5) is 0 Å². The van der Waals surface area contributed by atoms with Crippen LogP contribution in [0, 0.1) is 13.8 Å². The van der Waals surface area contributed by atoms with Gasteiger partial charge >= 0.3 is 0 Å². The number of ether oxygens (including phenoxy) is 1. The maximum Gasteiger partial charge on any atom is 0.208 e. The van der Waals surface area contributed by atoms with E-state index in [1.54, 1.807) is 0 Å². The van der Waals surface area contributed by atoms with E-state index in [0.29, 0.717) is 12.1 Å². The van der Waals surface area contributed by atoms with Gasteiger partial charge in [0.05, 0.1) is 24.9 Å². The predicted molar refractivity (Wildman–Crippen MR) is 67.4 cm³/mol. The number of aromatic nitrogens is 1. The van der Waals surface area contributed by atoms with Crippen LogP contribution in [0.2, 0.25) is 0 Å². The second kappa shape index (κ2) is 4.64. The topological polar surface area (TPSA) is 41.7 Å². The third-order valence-electron chi connectivity index (χ3n) is 4.09. The van der Waals surface area contributed by atoms with E-state index in [1.165, 1.54) is 0 Å². The Morgan fingerprint density at radius 3 is 2.83 bits per heavy atom. The van der Waals surface area contributed by atoms with Gasteiger partial charge in [-0.25, -0.2) is 4.98 Å². The Hall–Kier alpha value is -0.910. The van der Waals surface area contributed by atoms with Crippen molar-refractivity contribution in [2.45, 2.75) is 32.5 Å². The van der Waals surface area contributed by atoms with Gasteiger partial charge in [0.1, 0.15) is 5.76 Å². The van der Waals surface area contributed by atoms with Crippen LogP contribution in [0.3, 0.4) is 0 Å². The van der Waals surface area contributed by atoms with Crippen LogP contribution >= 0.6 is 0 Å². The first-order valence-electron chi connectivity index (χ1n) is 6.60. The van der Waals surface area contributed by atoms with E-state index in [9.17, 15) is 0 Å². The third-order valence-corrected chi connectivity index (χ3v) is 4.09. The Morgan fingerprint density at radius 2 is 2.17 bits per heavy atom. The normalized spacial score (nSPS) is 29.7. The summed E-state index contributed by atoms with van der Waals surface area (Å²) in [6.45, 7) is 8.65. The number of oxazole rings is 1. The SMILES string of the molecule is Cc1nc(CN2C[C@H]3OCCN(C)[C@H]3C2)oc1C. The molecule has 100 valence electrons. The second-order valence-electron chi connectivity index (χ2n) is 5.40. The molecule has 0 aliphatic carbocycles. The predicted octanol–water partition coefficient (Wildman–Crippen LogP) is 0.806. The first-order chi connectivity index (χ1) is 8.63. The van der Waals surface area contributed by atoms with E-state index in [1.807, 2.05) is 13.8 Å². The highest BCUT2D eigenvalue weighted by Gasteiger charge is 2.38. The molecule has 2 atom stereocenters. The summed E-state index contributed by atoms with van der Waals surface area (Å²) in [6, 6.07) is 0.524. The summed E-state index contributed by atoms with van der Waals surface area (Å²) in [6.07, 6.45) is 0.348. The summed E-state index contributed by atoms with van der Waals surface area (Å²) in [5.41, 5.74) is 0.995. The van der Waals surface area contributed by atoms with Crippen molar-refractivity contribution in [1.29, 1.82) is 0 Å². The van der Waals surface area contributed by atoms with Crippen molar-refractivity contribution < 1.29 is 9.15 Å². The molecule has 2 aliphatic heterocycles. The van der Waals surface area contributed by atoms with E-state index >= 15 is 0 Å². The number of rotatable bonds is 2. The molecule has 2 fully saturated rings. The van der Waals surface area contributed by atoms with Gasteiger partial charge in [0.15, 0.2) is 0 Å². The van der Waals surface area contributed by atoms with Crippen LogP contribution < -0.4 is 0 Å². The second-order valence-corrected chi connectivity index (χ2v) is 5.40. The maximum absolute atomic E-state index is 5.83. The summed E-state index contributed by atoms with van der Waals surface area (Å²) in [7, 11) is 2.18. The van der Waals surface area contributed by atoms with Crippen LogP contribution in [0.25, 0.3) is 0 Å². The van der Waals surface area contributed by atoms with Crippen LogP contribution in [0.15, 0.2) is 4.42 Å². The summed E-state index contributed by atoms with van der Waals surface area (Å²) >= 11 is 0. The first-order valence-corrected chi connectivity index (χ1v) is 6.60. The smallest absolute Gasteiger partial charge is 0.208 e. The fraction of sp³-hybridized carbons (Fsp3) is 0.769. The summed E-state index contributed by atoms with van der Waals surface area (Å²) in [5.74, 6) is 1.75. The van der Waals surface area contributed by atoms with Crippen molar-refractivity contribution >= 4 is 0 Å². The lowest BCUT2D eigenvalue weighted by Gasteiger charge is -2.33. The molecule has 2 aliphatic rings. The number of nitrogens with zero attached hydrogens (tertiary/aromatic N) is 3. The molecule has 0 unspecified atom stereocenters. The fourth-order valence-corrected chi connectivity index (χ4v) is 2.86. The van der Waals surface area contributed by atoms with E-state index in [4.69, 9.17) is 9.15 Å². The van der Waals surface area contributed by atoms with E-state index in [-0.39, 0.29) is 0 Å². The minimum atomic E-state index is 0.348. The van der Waals surface area contributed by atoms with Gasteiger partial charge in [-0.05, 0) is 20.9 Å². The highest BCUT2D eigenvalue weighted by atomic mass is 16.5. The Labute approximate surface area is 108 Å². The number of hydrogen-bond donors (Lipinski definition) is 0. The van der Waals surface area contributed by atoms with Gasteiger partial charge < -0.3 is 9.15 Å². The van der Waals surface area contributed by atoms with E-state index in [2.05, 4.69) is 21.8 Å². The van der Waals surface area contributed by atoms with E-state index in [0.717, 1.165) is 50.1 Å². The van der Waals surface area contributed by atoms with Crippen molar-refractivity contribution in [3.05, 3.63) is 17.3 Å². The summed E-state index contributed by atoms with van der Waals surface area (Å²) in [5, 5.41) is 0. The molecule has 1 aromatic rings. The molecule has 0 N–H and O–H groups in total. The van der Waals surface area contributed by atoms with Gasteiger partial charge in [0.2, 0.25) is 5.89 Å².